The van der Waals surface area contributed by atoms with Crippen molar-refractivity contribution in [3.05, 3.63) is 107 Å². The van der Waals surface area contributed by atoms with Gasteiger partial charge < -0.3 is 11.1 Å². The van der Waals surface area contributed by atoms with E-state index in [0.29, 0.717) is 17.7 Å². The van der Waals surface area contributed by atoms with Gasteiger partial charge in [0, 0.05) is 11.1 Å². The minimum atomic E-state index is -1.08. The number of carbonyl (C=O) groups is 2. The first kappa shape index (κ1) is 22.8. The molecule has 0 aliphatic rings. The number of nitrogens with one attached hydrogen (secondary N) is 1. The number of carbonyl (C=O) groups excluding carboxylic acids is 2. The number of amides is 2. The Bertz CT molecular complexity index is 1300. The van der Waals surface area contributed by atoms with E-state index in [4.69, 9.17) is 5.73 Å². The van der Waals surface area contributed by atoms with Gasteiger partial charge in [0.2, 0.25) is 5.91 Å². The topological polar surface area (TPSA) is 103 Å². The monoisotopic (exact) mass is 457 g/mol. The van der Waals surface area contributed by atoms with Gasteiger partial charge in [-0.25, -0.2) is 9.07 Å². The molecule has 0 fully saturated rings. The Morgan fingerprint density at radius 1 is 1.03 bits per heavy atom. The standard InChI is InChI=1S/C26H24FN5O2/c1-2-17-6-8-19(9-7-17)23-16-32(31-30-23)15-18-4-3-5-21(14-18)26(34)29-24(25(28)33)20-10-12-22(27)13-11-20/h3-14,16,24H,2,15H2,1H3,(H2,28,33)(H,29,34). The molecule has 1 aromatic heterocycles. The van der Waals surface area contributed by atoms with Crippen molar-refractivity contribution in [3.8, 4) is 11.3 Å². The van der Waals surface area contributed by atoms with Crippen LogP contribution in [0.3, 0.4) is 0 Å². The highest BCUT2D eigenvalue weighted by Crippen LogP contribution is 2.18. The average Bonchev–Trinajstić information content (AvgIpc) is 3.31. The third-order valence-electron chi connectivity index (χ3n) is 5.49. The van der Waals surface area contributed by atoms with Crippen LogP contribution in [0.4, 0.5) is 4.39 Å². The molecular formula is C26H24FN5O2. The van der Waals surface area contributed by atoms with Gasteiger partial charge in [0.05, 0.1) is 12.7 Å². The van der Waals surface area contributed by atoms with E-state index in [1.807, 2.05) is 24.4 Å². The molecule has 0 aliphatic carbocycles. The van der Waals surface area contributed by atoms with E-state index < -0.39 is 23.7 Å². The van der Waals surface area contributed by atoms with Gasteiger partial charge >= 0.3 is 0 Å². The van der Waals surface area contributed by atoms with Crippen molar-refractivity contribution in [3.63, 3.8) is 0 Å². The molecular weight excluding hydrogens is 433 g/mol. The van der Waals surface area contributed by atoms with E-state index in [-0.39, 0.29) is 0 Å². The van der Waals surface area contributed by atoms with Gasteiger partial charge in [-0.3, -0.25) is 9.59 Å². The van der Waals surface area contributed by atoms with Gasteiger partial charge in [0.1, 0.15) is 17.6 Å². The maximum atomic E-state index is 13.2. The van der Waals surface area contributed by atoms with Crippen LogP contribution in [0.25, 0.3) is 11.3 Å². The maximum absolute atomic E-state index is 13.2. The van der Waals surface area contributed by atoms with Crippen molar-refractivity contribution in [2.24, 2.45) is 5.73 Å². The lowest BCUT2D eigenvalue weighted by atomic mass is 10.0. The van der Waals surface area contributed by atoms with Crippen molar-refractivity contribution >= 4 is 11.8 Å². The minimum absolute atomic E-state index is 0.362. The number of benzene rings is 3. The molecule has 4 rings (SSSR count). The first-order valence-electron chi connectivity index (χ1n) is 10.9. The molecule has 0 bridgehead atoms. The fourth-order valence-electron chi connectivity index (χ4n) is 3.61. The molecule has 0 radical (unpaired) electrons. The van der Waals surface area contributed by atoms with Crippen LogP contribution in [0, 0.1) is 5.82 Å². The van der Waals surface area contributed by atoms with Gasteiger partial charge in [-0.2, -0.15) is 0 Å². The lowest BCUT2D eigenvalue weighted by Crippen LogP contribution is -2.37. The summed E-state index contributed by atoms with van der Waals surface area (Å²) in [6.45, 7) is 2.52. The summed E-state index contributed by atoms with van der Waals surface area (Å²) in [7, 11) is 0. The second-order valence-electron chi connectivity index (χ2n) is 7.91. The molecule has 1 atom stereocenters. The third-order valence-corrected chi connectivity index (χ3v) is 5.49. The molecule has 0 aliphatic heterocycles. The molecule has 1 heterocycles. The van der Waals surface area contributed by atoms with Crippen LogP contribution in [-0.2, 0) is 17.8 Å². The molecule has 0 saturated heterocycles. The van der Waals surface area contributed by atoms with Crippen molar-refractivity contribution in [1.82, 2.24) is 20.3 Å². The van der Waals surface area contributed by atoms with Crippen LogP contribution in [0.5, 0.6) is 0 Å². The molecule has 3 aromatic carbocycles. The van der Waals surface area contributed by atoms with E-state index in [0.717, 1.165) is 23.2 Å². The van der Waals surface area contributed by atoms with Crippen LogP contribution >= 0.6 is 0 Å². The molecule has 2 amide bonds. The van der Waals surface area contributed by atoms with Crippen molar-refractivity contribution in [1.29, 1.82) is 0 Å². The van der Waals surface area contributed by atoms with Crippen LogP contribution < -0.4 is 11.1 Å². The molecule has 8 heteroatoms. The normalized spacial score (nSPS) is 11.7. The Labute approximate surface area is 196 Å². The number of aryl methyl sites for hydroxylation is 1. The van der Waals surface area contributed by atoms with Gasteiger partial charge in [0.25, 0.3) is 5.91 Å². The number of nitrogens with zero attached hydrogens (tertiary/aromatic N) is 3. The Morgan fingerprint density at radius 3 is 2.44 bits per heavy atom. The molecule has 4 aromatic rings. The molecule has 0 spiro atoms. The number of hydrogen-bond acceptors (Lipinski definition) is 4. The molecule has 34 heavy (non-hydrogen) atoms. The van der Waals surface area contributed by atoms with Gasteiger partial charge in [-0.05, 0) is 47.4 Å². The number of rotatable bonds is 8. The summed E-state index contributed by atoms with van der Waals surface area (Å²) in [5.41, 5.74) is 10.1. The van der Waals surface area contributed by atoms with Crippen molar-refractivity contribution in [2.45, 2.75) is 25.9 Å². The second kappa shape index (κ2) is 10.1. The van der Waals surface area contributed by atoms with Gasteiger partial charge in [0.15, 0.2) is 0 Å². The maximum Gasteiger partial charge on any atom is 0.252 e. The molecule has 0 saturated carbocycles. The summed E-state index contributed by atoms with van der Waals surface area (Å²) in [5, 5.41) is 11.1. The summed E-state index contributed by atoms with van der Waals surface area (Å²) in [6, 6.07) is 19.4. The van der Waals surface area contributed by atoms with Crippen LogP contribution in [0.1, 0.15) is 40.0 Å². The molecule has 7 nitrogen and oxygen atoms in total. The summed E-state index contributed by atoms with van der Waals surface area (Å²) in [4.78, 5) is 24.7. The first-order chi connectivity index (χ1) is 16.4. The Hall–Kier alpha value is -4.33. The highest BCUT2D eigenvalue weighted by Gasteiger charge is 2.21. The summed E-state index contributed by atoms with van der Waals surface area (Å²) >= 11 is 0. The number of hydrogen-bond donors (Lipinski definition) is 2. The predicted octanol–water partition coefficient (Wildman–Crippen LogP) is 3.65. The van der Waals surface area contributed by atoms with E-state index in [1.54, 1.807) is 22.9 Å². The fraction of sp³-hybridized carbons (Fsp3) is 0.154. The van der Waals surface area contributed by atoms with E-state index >= 15 is 0 Å². The van der Waals surface area contributed by atoms with E-state index in [2.05, 4.69) is 34.7 Å². The summed E-state index contributed by atoms with van der Waals surface area (Å²) < 4.78 is 14.9. The third kappa shape index (κ3) is 5.35. The predicted molar refractivity (Wildman–Crippen MR) is 126 cm³/mol. The first-order valence-corrected chi connectivity index (χ1v) is 10.9. The quantitative estimate of drug-likeness (QED) is 0.422. The van der Waals surface area contributed by atoms with E-state index in [1.165, 1.54) is 29.8 Å². The zero-order valence-corrected chi connectivity index (χ0v) is 18.6. The SMILES string of the molecule is CCc1ccc(-c2cn(Cc3cccc(C(=O)NC(C(N)=O)c4ccc(F)cc4)c3)nn2)cc1. The van der Waals surface area contributed by atoms with E-state index in [9.17, 15) is 14.0 Å². The van der Waals surface area contributed by atoms with Crippen molar-refractivity contribution < 1.29 is 14.0 Å². The van der Waals surface area contributed by atoms with Gasteiger partial charge in [-0.1, -0.05) is 60.7 Å². The average molecular weight is 458 g/mol. The Balaban J connectivity index is 1.47. The molecule has 1 unspecified atom stereocenters. The van der Waals surface area contributed by atoms with Crippen molar-refractivity contribution in [2.75, 3.05) is 0 Å². The largest absolute Gasteiger partial charge is 0.368 e. The highest BCUT2D eigenvalue weighted by atomic mass is 19.1. The molecule has 172 valence electrons. The van der Waals surface area contributed by atoms with Crippen LogP contribution in [-0.4, -0.2) is 26.8 Å². The highest BCUT2D eigenvalue weighted by molar-refractivity contribution is 5.97. The second-order valence-corrected chi connectivity index (χ2v) is 7.91. The Kier molecular flexibility index (Phi) is 6.77. The van der Waals surface area contributed by atoms with Crippen LogP contribution in [0.2, 0.25) is 0 Å². The summed E-state index contributed by atoms with van der Waals surface area (Å²) in [6.07, 6.45) is 2.83. The number of halogens is 1. The van der Waals surface area contributed by atoms with Gasteiger partial charge in [-0.15, -0.1) is 5.10 Å². The summed E-state index contributed by atoms with van der Waals surface area (Å²) in [5.74, 6) is -1.65. The van der Waals surface area contributed by atoms with Crippen LogP contribution in [0.15, 0.2) is 79.0 Å². The number of nitrogens with two attached hydrogens (primary N) is 1. The fourth-order valence-corrected chi connectivity index (χ4v) is 3.61. The number of primary amides is 1. The number of aromatic nitrogens is 3. The Morgan fingerprint density at radius 2 is 1.76 bits per heavy atom. The smallest absolute Gasteiger partial charge is 0.252 e. The molecule has 3 N–H and O–H groups in total. The lowest BCUT2D eigenvalue weighted by Gasteiger charge is -2.16. The lowest BCUT2D eigenvalue weighted by molar-refractivity contribution is -0.120. The zero-order chi connectivity index (χ0) is 24.1. The minimum Gasteiger partial charge on any atom is -0.368 e. The zero-order valence-electron chi connectivity index (χ0n) is 18.6.